The first kappa shape index (κ1) is 16.8. The molecule has 0 bridgehead atoms. The Balaban J connectivity index is 1.74. The van der Waals surface area contributed by atoms with Gasteiger partial charge in [-0.3, -0.25) is 0 Å². The number of rotatable bonds is 4. The number of carbonyl (C=O) groups is 1. The summed E-state index contributed by atoms with van der Waals surface area (Å²) in [7, 11) is 1.65. The zero-order valence-electron chi connectivity index (χ0n) is 15.0. The number of carboxylic acids is 1. The maximum Gasteiger partial charge on any atom is 0.337 e. The maximum absolute atomic E-state index is 11.6. The van der Waals surface area contributed by atoms with E-state index in [0.717, 1.165) is 33.5 Å². The zero-order chi connectivity index (χ0) is 19.0. The van der Waals surface area contributed by atoms with Gasteiger partial charge in [0.25, 0.3) is 0 Å². The molecular weight excluding hydrogens is 340 g/mol. The van der Waals surface area contributed by atoms with E-state index in [9.17, 15) is 9.90 Å². The number of ether oxygens (including phenoxy) is 1. The van der Waals surface area contributed by atoms with Crippen molar-refractivity contribution in [2.24, 2.45) is 0 Å². The van der Waals surface area contributed by atoms with E-state index in [4.69, 9.17) is 4.74 Å². The van der Waals surface area contributed by atoms with Gasteiger partial charge in [-0.25, -0.2) is 9.78 Å². The largest absolute Gasteiger partial charge is 0.497 e. The van der Waals surface area contributed by atoms with Crippen LogP contribution in [0.1, 0.15) is 16.2 Å². The minimum atomic E-state index is -0.983. The van der Waals surface area contributed by atoms with Crippen molar-refractivity contribution in [2.75, 3.05) is 7.11 Å². The fraction of sp³-hybridized carbons (Fsp3) is 0.0909. The standard InChI is InChI=1S/C22H18N2O3/c1-13-23-20-12-17(11-19(22(25)26)21(20)24-13)16-5-3-14(4-6-16)15-7-9-18(27-2)10-8-15/h3-12H,1-2H3,(H,23,24)(H,25,26). The Hall–Kier alpha value is -3.60. The summed E-state index contributed by atoms with van der Waals surface area (Å²) in [5.74, 6) is 0.530. The lowest BCUT2D eigenvalue weighted by atomic mass is 9.98. The molecule has 5 nitrogen and oxygen atoms in total. The number of imidazole rings is 1. The fourth-order valence-corrected chi connectivity index (χ4v) is 3.21. The lowest BCUT2D eigenvalue weighted by Gasteiger charge is -2.07. The van der Waals surface area contributed by atoms with Gasteiger partial charge in [-0.1, -0.05) is 36.4 Å². The number of aromatic amines is 1. The predicted molar refractivity (Wildman–Crippen MR) is 105 cm³/mol. The van der Waals surface area contributed by atoms with Gasteiger partial charge in [-0.2, -0.15) is 0 Å². The van der Waals surface area contributed by atoms with E-state index in [1.165, 1.54) is 0 Å². The minimum absolute atomic E-state index is 0.200. The molecule has 0 unspecified atom stereocenters. The number of nitrogens with zero attached hydrogens (tertiary/aromatic N) is 1. The van der Waals surface area contributed by atoms with Crippen LogP contribution in [0.4, 0.5) is 0 Å². The van der Waals surface area contributed by atoms with Crippen molar-refractivity contribution < 1.29 is 14.6 Å². The fourth-order valence-electron chi connectivity index (χ4n) is 3.21. The van der Waals surface area contributed by atoms with Crippen LogP contribution < -0.4 is 4.74 Å². The van der Waals surface area contributed by atoms with E-state index >= 15 is 0 Å². The summed E-state index contributed by atoms with van der Waals surface area (Å²) in [5, 5.41) is 9.53. The third-order valence-corrected chi connectivity index (χ3v) is 4.58. The van der Waals surface area contributed by atoms with Crippen LogP contribution in [0.3, 0.4) is 0 Å². The Bertz CT molecular complexity index is 1130. The highest BCUT2D eigenvalue weighted by molar-refractivity contribution is 6.03. The van der Waals surface area contributed by atoms with Crippen LogP contribution in [-0.2, 0) is 0 Å². The van der Waals surface area contributed by atoms with Crippen LogP contribution in [0, 0.1) is 6.92 Å². The molecule has 0 atom stereocenters. The summed E-state index contributed by atoms with van der Waals surface area (Å²) < 4.78 is 5.19. The van der Waals surface area contributed by atoms with Crippen LogP contribution in [0.15, 0.2) is 60.7 Å². The average molecular weight is 358 g/mol. The second-order valence-corrected chi connectivity index (χ2v) is 6.35. The molecule has 0 fully saturated rings. The Morgan fingerprint density at radius 3 is 2.04 bits per heavy atom. The van der Waals surface area contributed by atoms with Gasteiger partial charge >= 0.3 is 5.97 Å². The number of aromatic nitrogens is 2. The average Bonchev–Trinajstić information content (AvgIpc) is 3.07. The number of nitrogens with one attached hydrogen (secondary N) is 1. The number of carboxylic acid groups (broad SMARTS) is 1. The molecule has 0 amide bonds. The predicted octanol–water partition coefficient (Wildman–Crippen LogP) is 4.91. The monoisotopic (exact) mass is 358 g/mol. The van der Waals surface area contributed by atoms with Crippen molar-refractivity contribution in [3.8, 4) is 28.0 Å². The maximum atomic E-state index is 11.6. The molecule has 0 spiro atoms. The number of fused-ring (bicyclic) bond motifs is 1. The van der Waals surface area contributed by atoms with Gasteiger partial charge in [0.2, 0.25) is 0 Å². The first-order chi connectivity index (χ1) is 13.0. The van der Waals surface area contributed by atoms with Crippen molar-refractivity contribution in [1.29, 1.82) is 0 Å². The van der Waals surface area contributed by atoms with Gasteiger partial charge in [0, 0.05) is 0 Å². The first-order valence-electron chi connectivity index (χ1n) is 8.53. The van der Waals surface area contributed by atoms with Crippen molar-refractivity contribution in [1.82, 2.24) is 9.97 Å². The topological polar surface area (TPSA) is 75.2 Å². The van der Waals surface area contributed by atoms with Crippen LogP contribution in [-0.4, -0.2) is 28.2 Å². The van der Waals surface area contributed by atoms with E-state index in [-0.39, 0.29) is 5.56 Å². The lowest BCUT2D eigenvalue weighted by Crippen LogP contribution is -1.98. The summed E-state index contributed by atoms with van der Waals surface area (Å²) in [4.78, 5) is 19.1. The number of aromatic carboxylic acids is 1. The van der Waals surface area contributed by atoms with E-state index in [0.29, 0.717) is 11.3 Å². The third-order valence-electron chi connectivity index (χ3n) is 4.58. The molecule has 27 heavy (non-hydrogen) atoms. The van der Waals surface area contributed by atoms with Gasteiger partial charge in [-0.15, -0.1) is 0 Å². The number of benzene rings is 3. The van der Waals surface area contributed by atoms with Crippen LogP contribution >= 0.6 is 0 Å². The normalized spacial score (nSPS) is 10.9. The molecule has 5 heteroatoms. The summed E-state index contributed by atoms with van der Waals surface area (Å²) in [6.45, 7) is 1.81. The quantitative estimate of drug-likeness (QED) is 0.543. The summed E-state index contributed by atoms with van der Waals surface area (Å²) in [6, 6.07) is 19.5. The first-order valence-corrected chi connectivity index (χ1v) is 8.53. The van der Waals surface area contributed by atoms with E-state index in [1.54, 1.807) is 13.2 Å². The molecule has 0 aliphatic carbocycles. The van der Waals surface area contributed by atoms with Crippen molar-refractivity contribution in [3.05, 3.63) is 72.1 Å². The number of aryl methyl sites for hydroxylation is 1. The van der Waals surface area contributed by atoms with Crippen molar-refractivity contribution >= 4 is 17.0 Å². The Morgan fingerprint density at radius 2 is 1.48 bits per heavy atom. The van der Waals surface area contributed by atoms with Gasteiger partial charge in [0.1, 0.15) is 17.1 Å². The van der Waals surface area contributed by atoms with Crippen molar-refractivity contribution in [2.45, 2.75) is 6.92 Å². The summed E-state index contributed by atoms with van der Waals surface area (Å²) in [5.41, 5.74) is 5.37. The Kier molecular flexibility index (Phi) is 4.12. The molecule has 0 aliphatic heterocycles. The number of methoxy groups -OCH3 is 1. The molecule has 0 radical (unpaired) electrons. The molecule has 134 valence electrons. The molecule has 4 aromatic rings. The molecule has 0 saturated carbocycles. The minimum Gasteiger partial charge on any atom is -0.497 e. The van der Waals surface area contributed by atoms with E-state index in [2.05, 4.69) is 9.97 Å². The van der Waals surface area contributed by atoms with Gasteiger partial charge in [0.05, 0.1) is 18.2 Å². The lowest BCUT2D eigenvalue weighted by molar-refractivity contribution is 0.0699. The highest BCUT2D eigenvalue weighted by Crippen LogP contribution is 2.29. The van der Waals surface area contributed by atoms with Crippen molar-refractivity contribution in [3.63, 3.8) is 0 Å². The van der Waals surface area contributed by atoms with Crippen LogP contribution in [0.5, 0.6) is 5.75 Å². The summed E-state index contributed by atoms with van der Waals surface area (Å²) >= 11 is 0. The zero-order valence-corrected chi connectivity index (χ0v) is 15.0. The number of H-pyrrole nitrogens is 1. The van der Waals surface area contributed by atoms with E-state index in [1.807, 2.05) is 61.5 Å². The van der Waals surface area contributed by atoms with Crippen LogP contribution in [0.2, 0.25) is 0 Å². The molecule has 3 aromatic carbocycles. The van der Waals surface area contributed by atoms with E-state index < -0.39 is 5.97 Å². The second-order valence-electron chi connectivity index (χ2n) is 6.35. The Labute approximate surface area is 156 Å². The van der Waals surface area contributed by atoms with Gasteiger partial charge in [0.15, 0.2) is 0 Å². The van der Waals surface area contributed by atoms with Gasteiger partial charge in [-0.05, 0) is 53.4 Å². The SMILES string of the molecule is COc1ccc(-c2ccc(-c3cc(C(=O)O)c4nc(C)[nH]c4c3)cc2)cc1. The Morgan fingerprint density at radius 1 is 0.926 bits per heavy atom. The number of hydrogen-bond acceptors (Lipinski definition) is 3. The molecular formula is C22H18N2O3. The molecule has 2 N–H and O–H groups in total. The highest BCUT2D eigenvalue weighted by atomic mass is 16.5. The highest BCUT2D eigenvalue weighted by Gasteiger charge is 2.14. The molecule has 1 heterocycles. The molecule has 0 aliphatic rings. The van der Waals surface area contributed by atoms with Gasteiger partial charge < -0.3 is 14.8 Å². The number of hydrogen-bond donors (Lipinski definition) is 2. The molecule has 0 saturated heterocycles. The molecule has 1 aromatic heterocycles. The second kappa shape index (κ2) is 6.61. The third kappa shape index (κ3) is 3.15. The summed E-state index contributed by atoms with van der Waals surface area (Å²) in [6.07, 6.45) is 0. The van der Waals surface area contributed by atoms with Crippen LogP contribution in [0.25, 0.3) is 33.3 Å². The smallest absolute Gasteiger partial charge is 0.337 e. The molecule has 4 rings (SSSR count).